The maximum Gasteiger partial charge on any atom is -0.00433 e. The largest absolute Gasteiger partial charge is 0.330 e. The van der Waals surface area contributed by atoms with Crippen LogP contribution in [0.25, 0.3) is 0 Å². The molecule has 1 nitrogen and oxygen atoms in total. The molecule has 2 heteroatoms. The fraction of sp³-hybridized carbons (Fsp3) is 1.00. The standard InChI is InChI=1S/C8H15NS/c9-6-7-5-8(7)1-3-10-4-2-8/h7H,1-6,9H2. The second kappa shape index (κ2) is 2.42. The van der Waals surface area contributed by atoms with Gasteiger partial charge in [0.2, 0.25) is 0 Å². The first kappa shape index (κ1) is 6.99. The van der Waals surface area contributed by atoms with Crippen LogP contribution in [0.4, 0.5) is 0 Å². The van der Waals surface area contributed by atoms with Gasteiger partial charge in [0.05, 0.1) is 0 Å². The first-order valence-corrected chi connectivity index (χ1v) is 5.31. The van der Waals surface area contributed by atoms with Gasteiger partial charge in [-0.1, -0.05) is 0 Å². The van der Waals surface area contributed by atoms with E-state index in [2.05, 4.69) is 11.8 Å². The first-order valence-electron chi connectivity index (χ1n) is 4.15. The predicted octanol–water partition coefficient (Wildman–Crippen LogP) is 1.48. The maximum atomic E-state index is 5.63. The molecule has 0 radical (unpaired) electrons. The number of hydrogen-bond acceptors (Lipinski definition) is 2. The minimum Gasteiger partial charge on any atom is -0.330 e. The average Bonchev–Trinajstić information content (AvgIpc) is 2.65. The van der Waals surface area contributed by atoms with E-state index in [1.807, 2.05) is 0 Å². The number of rotatable bonds is 1. The highest BCUT2D eigenvalue weighted by atomic mass is 32.2. The third kappa shape index (κ3) is 0.978. The number of hydrogen-bond donors (Lipinski definition) is 1. The molecule has 0 aromatic rings. The Balaban J connectivity index is 1.92. The van der Waals surface area contributed by atoms with Crippen LogP contribution in [0.1, 0.15) is 19.3 Å². The Morgan fingerprint density at radius 1 is 1.40 bits per heavy atom. The molecule has 10 heavy (non-hydrogen) atoms. The van der Waals surface area contributed by atoms with Crippen LogP contribution >= 0.6 is 11.8 Å². The van der Waals surface area contributed by atoms with Gasteiger partial charge in [-0.05, 0) is 48.6 Å². The number of thioether (sulfide) groups is 1. The molecule has 0 aromatic heterocycles. The molecule has 1 heterocycles. The normalized spacial score (nSPS) is 36.3. The molecular weight excluding hydrogens is 142 g/mol. The van der Waals surface area contributed by atoms with Crippen molar-refractivity contribution in [3.63, 3.8) is 0 Å². The molecule has 58 valence electrons. The Kier molecular flexibility index (Phi) is 1.69. The van der Waals surface area contributed by atoms with E-state index in [1.54, 1.807) is 0 Å². The summed E-state index contributed by atoms with van der Waals surface area (Å²) in [5, 5.41) is 0. The van der Waals surface area contributed by atoms with Crippen molar-refractivity contribution < 1.29 is 0 Å². The monoisotopic (exact) mass is 157 g/mol. The van der Waals surface area contributed by atoms with Gasteiger partial charge in [-0.15, -0.1) is 0 Å². The van der Waals surface area contributed by atoms with Crippen LogP contribution in [0.2, 0.25) is 0 Å². The van der Waals surface area contributed by atoms with Crippen LogP contribution in [-0.2, 0) is 0 Å². The minimum absolute atomic E-state index is 0.750. The summed E-state index contributed by atoms with van der Waals surface area (Å²) >= 11 is 2.11. The van der Waals surface area contributed by atoms with Crippen LogP contribution in [0.3, 0.4) is 0 Å². The highest BCUT2D eigenvalue weighted by Gasteiger charge is 2.52. The predicted molar refractivity (Wildman–Crippen MR) is 46.2 cm³/mol. The first-order chi connectivity index (χ1) is 4.87. The summed E-state index contributed by atoms with van der Waals surface area (Å²) in [7, 11) is 0. The Bertz CT molecular complexity index is 129. The highest BCUT2D eigenvalue weighted by molar-refractivity contribution is 7.99. The summed E-state index contributed by atoms with van der Waals surface area (Å²) in [6.45, 7) is 0.935. The second-order valence-electron chi connectivity index (χ2n) is 3.61. The molecule has 0 bridgehead atoms. The van der Waals surface area contributed by atoms with Gasteiger partial charge in [0, 0.05) is 0 Å². The lowest BCUT2D eigenvalue weighted by molar-refractivity contribution is 0.422. The van der Waals surface area contributed by atoms with Crippen LogP contribution in [0.5, 0.6) is 0 Å². The second-order valence-corrected chi connectivity index (χ2v) is 4.84. The summed E-state index contributed by atoms with van der Waals surface area (Å²) in [4.78, 5) is 0. The molecule has 2 aliphatic rings. The van der Waals surface area contributed by atoms with Crippen LogP contribution in [0.15, 0.2) is 0 Å². The Morgan fingerprint density at radius 2 is 2.10 bits per heavy atom. The van der Waals surface area contributed by atoms with Crippen LogP contribution in [-0.4, -0.2) is 18.1 Å². The Hall–Kier alpha value is 0.310. The maximum absolute atomic E-state index is 5.63. The van der Waals surface area contributed by atoms with Gasteiger partial charge in [-0.25, -0.2) is 0 Å². The van der Waals surface area contributed by atoms with Gasteiger partial charge < -0.3 is 5.73 Å². The quantitative estimate of drug-likeness (QED) is 0.624. The van der Waals surface area contributed by atoms with Crippen molar-refractivity contribution in [3.05, 3.63) is 0 Å². The van der Waals surface area contributed by atoms with Crippen molar-refractivity contribution in [1.82, 2.24) is 0 Å². The van der Waals surface area contributed by atoms with Gasteiger partial charge >= 0.3 is 0 Å². The lowest BCUT2D eigenvalue weighted by Gasteiger charge is -2.21. The number of nitrogens with two attached hydrogens (primary N) is 1. The van der Waals surface area contributed by atoms with Gasteiger partial charge in [0.15, 0.2) is 0 Å². The average molecular weight is 157 g/mol. The molecular formula is C8H15NS. The van der Waals surface area contributed by atoms with Gasteiger partial charge in [0.1, 0.15) is 0 Å². The van der Waals surface area contributed by atoms with E-state index in [9.17, 15) is 0 Å². The SMILES string of the molecule is NCC1CC12CCSCC2. The molecule has 1 aliphatic heterocycles. The summed E-state index contributed by atoms with van der Waals surface area (Å²) in [6, 6.07) is 0. The third-order valence-corrected chi connectivity index (χ3v) is 4.12. The van der Waals surface area contributed by atoms with Crippen molar-refractivity contribution in [2.75, 3.05) is 18.1 Å². The molecule has 1 unspecified atom stereocenters. The van der Waals surface area contributed by atoms with Crippen molar-refractivity contribution in [1.29, 1.82) is 0 Å². The fourth-order valence-corrected chi connectivity index (χ4v) is 3.46. The molecule has 2 N–H and O–H groups in total. The van der Waals surface area contributed by atoms with Crippen molar-refractivity contribution in [3.8, 4) is 0 Å². The molecule has 0 amide bonds. The fourth-order valence-electron chi connectivity index (χ4n) is 2.16. The Morgan fingerprint density at radius 3 is 2.60 bits per heavy atom. The lowest BCUT2D eigenvalue weighted by Crippen LogP contribution is -2.16. The third-order valence-electron chi connectivity index (χ3n) is 3.13. The summed E-state index contributed by atoms with van der Waals surface area (Å²) in [5.41, 5.74) is 6.38. The van der Waals surface area contributed by atoms with E-state index in [4.69, 9.17) is 5.73 Å². The minimum atomic E-state index is 0.750. The summed E-state index contributed by atoms with van der Waals surface area (Å²) in [6.07, 6.45) is 4.32. The lowest BCUT2D eigenvalue weighted by atomic mass is 9.96. The van der Waals surface area contributed by atoms with E-state index >= 15 is 0 Å². The Labute approximate surface area is 66.7 Å². The molecule has 0 aromatic carbocycles. The molecule has 1 saturated heterocycles. The van der Waals surface area contributed by atoms with E-state index in [0.717, 1.165) is 17.9 Å². The summed E-state index contributed by atoms with van der Waals surface area (Å²) in [5.74, 6) is 3.67. The van der Waals surface area contributed by atoms with Gasteiger partial charge in [-0.3, -0.25) is 0 Å². The van der Waals surface area contributed by atoms with Crippen molar-refractivity contribution >= 4 is 11.8 Å². The van der Waals surface area contributed by atoms with Gasteiger partial charge in [0.25, 0.3) is 0 Å². The zero-order valence-electron chi connectivity index (χ0n) is 6.31. The van der Waals surface area contributed by atoms with Crippen molar-refractivity contribution in [2.24, 2.45) is 17.1 Å². The summed E-state index contributed by atoms with van der Waals surface area (Å²) < 4.78 is 0. The molecule has 2 rings (SSSR count). The molecule has 1 saturated carbocycles. The van der Waals surface area contributed by atoms with E-state index in [0.29, 0.717) is 0 Å². The molecule has 1 spiro atoms. The van der Waals surface area contributed by atoms with E-state index < -0.39 is 0 Å². The van der Waals surface area contributed by atoms with Crippen LogP contribution in [0, 0.1) is 11.3 Å². The molecule has 2 fully saturated rings. The topological polar surface area (TPSA) is 26.0 Å². The molecule has 1 atom stereocenters. The molecule has 1 aliphatic carbocycles. The zero-order chi connectivity index (χ0) is 7.03. The smallest absolute Gasteiger partial charge is 0.00433 e. The van der Waals surface area contributed by atoms with Crippen LogP contribution < -0.4 is 5.73 Å². The van der Waals surface area contributed by atoms with Gasteiger partial charge in [-0.2, -0.15) is 11.8 Å². The van der Waals surface area contributed by atoms with Crippen molar-refractivity contribution in [2.45, 2.75) is 19.3 Å². The zero-order valence-corrected chi connectivity index (χ0v) is 7.12. The van der Waals surface area contributed by atoms with E-state index in [1.165, 1.54) is 30.8 Å². The highest BCUT2D eigenvalue weighted by Crippen LogP contribution is 2.59. The van der Waals surface area contributed by atoms with E-state index in [-0.39, 0.29) is 0 Å².